The van der Waals surface area contributed by atoms with Gasteiger partial charge in [0.2, 0.25) is 0 Å². The van der Waals surface area contributed by atoms with Crippen molar-refractivity contribution < 1.29 is 23.6 Å². The second-order valence-electron chi connectivity index (χ2n) is 8.76. The Morgan fingerprint density at radius 3 is 2.19 bits per heavy atom. The van der Waals surface area contributed by atoms with Crippen molar-refractivity contribution in [3.63, 3.8) is 0 Å². The standard InChI is InChI=1S/C30H30N2O5/c1-5-35-27(33)18-22-10-12-23(13-11-22)24-14-16-25(17-15-24)29-28(20(3)32-37-29)31-30(34)36-21(4)26-9-7-6-8-19(26)2/h6-17,21H,5,18H2,1-4H3,(H,31,34)/t21-/m1/s1. The van der Waals surface area contributed by atoms with Crippen molar-refractivity contribution in [2.24, 2.45) is 0 Å². The number of esters is 1. The third kappa shape index (κ3) is 6.25. The van der Waals surface area contributed by atoms with E-state index in [0.717, 1.165) is 33.4 Å². The summed E-state index contributed by atoms with van der Waals surface area (Å²) in [5, 5.41) is 6.84. The number of hydrogen-bond donors (Lipinski definition) is 1. The minimum atomic E-state index is -0.581. The van der Waals surface area contributed by atoms with E-state index in [0.29, 0.717) is 23.7 Å². The third-order valence-corrected chi connectivity index (χ3v) is 6.09. The number of nitrogens with one attached hydrogen (secondary N) is 1. The van der Waals surface area contributed by atoms with E-state index in [4.69, 9.17) is 14.0 Å². The predicted octanol–water partition coefficient (Wildman–Crippen LogP) is 7.04. The van der Waals surface area contributed by atoms with Crippen LogP contribution in [0.15, 0.2) is 77.3 Å². The van der Waals surface area contributed by atoms with Crippen molar-refractivity contribution in [1.82, 2.24) is 5.16 Å². The van der Waals surface area contributed by atoms with E-state index in [2.05, 4.69) is 10.5 Å². The van der Waals surface area contributed by atoms with E-state index in [1.165, 1.54) is 0 Å². The van der Waals surface area contributed by atoms with Gasteiger partial charge in [0.15, 0.2) is 5.76 Å². The van der Waals surface area contributed by atoms with Crippen molar-refractivity contribution in [2.75, 3.05) is 11.9 Å². The van der Waals surface area contributed by atoms with Gasteiger partial charge in [0.25, 0.3) is 0 Å². The molecule has 0 aliphatic rings. The summed E-state index contributed by atoms with van der Waals surface area (Å²) in [7, 11) is 0. The fraction of sp³-hybridized carbons (Fsp3) is 0.233. The Balaban J connectivity index is 1.45. The molecule has 0 unspecified atom stereocenters. The van der Waals surface area contributed by atoms with Crippen LogP contribution in [0.1, 0.15) is 42.3 Å². The lowest BCUT2D eigenvalue weighted by atomic mass is 10.0. The number of nitrogens with zero attached hydrogens (tertiary/aromatic N) is 1. The van der Waals surface area contributed by atoms with Gasteiger partial charge in [-0.25, -0.2) is 4.79 Å². The first-order valence-electron chi connectivity index (χ1n) is 12.2. The smallest absolute Gasteiger partial charge is 0.412 e. The van der Waals surface area contributed by atoms with Crippen LogP contribution < -0.4 is 5.32 Å². The molecule has 3 aromatic carbocycles. The predicted molar refractivity (Wildman–Crippen MR) is 142 cm³/mol. The van der Waals surface area contributed by atoms with Crippen molar-refractivity contribution in [3.05, 3.63) is 95.2 Å². The largest absolute Gasteiger partial charge is 0.466 e. The zero-order chi connectivity index (χ0) is 26.4. The number of amides is 1. The van der Waals surface area contributed by atoms with Gasteiger partial charge >= 0.3 is 12.1 Å². The second kappa shape index (κ2) is 11.6. The molecule has 0 aliphatic heterocycles. The molecule has 4 aromatic rings. The fourth-order valence-corrected chi connectivity index (χ4v) is 4.12. The van der Waals surface area contributed by atoms with Gasteiger partial charge in [0, 0.05) is 5.56 Å². The summed E-state index contributed by atoms with van der Waals surface area (Å²) in [4.78, 5) is 24.4. The van der Waals surface area contributed by atoms with Crippen LogP contribution in [-0.4, -0.2) is 23.8 Å². The Bertz CT molecular complexity index is 1370. The van der Waals surface area contributed by atoms with Crippen LogP contribution in [-0.2, 0) is 20.7 Å². The number of carbonyl (C=O) groups excluding carboxylic acids is 2. The lowest BCUT2D eigenvalue weighted by Crippen LogP contribution is -2.17. The Morgan fingerprint density at radius 2 is 1.54 bits per heavy atom. The van der Waals surface area contributed by atoms with Gasteiger partial charge in [-0.05, 0) is 55.5 Å². The first kappa shape index (κ1) is 25.7. The minimum absolute atomic E-state index is 0.236. The first-order valence-corrected chi connectivity index (χ1v) is 12.2. The highest BCUT2D eigenvalue weighted by Crippen LogP contribution is 2.33. The highest BCUT2D eigenvalue weighted by Gasteiger charge is 2.20. The molecule has 0 bridgehead atoms. The van der Waals surface area contributed by atoms with Crippen molar-refractivity contribution in [1.29, 1.82) is 0 Å². The highest BCUT2D eigenvalue weighted by molar-refractivity contribution is 5.91. The van der Waals surface area contributed by atoms with E-state index in [-0.39, 0.29) is 12.4 Å². The summed E-state index contributed by atoms with van der Waals surface area (Å²) in [6, 6.07) is 23.3. The van der Waals surface area contributed by atoms with Gasteiger partial charge in [0.05, 0.1) is 13.0 Å². The maximum atomic E-state index is 12.7. The van der Waals surface area contributed by atoms with Crippen molar-refractivity contribution >= 4 is 17.7 Å². The van der Waals surface area contributed by atoms with Gasteiger partial charge in [-0.2, -0.15) is 0 Å². The Labute approximate surface area is 216 Å². The Morgan fingerprint density at radius 1 is 0.919 bits per heavy atom. The lowest BCUT2D eigenvalue weighted by Gasteiger charge is -2.16. The van der Waals surface area contributed by atoms with E-state index < -0.39 is 12.2 Å². The molecule has 0 spiro atoms. The first-order chi connectivity index (χ1) is 17.9. The summed E-state index contributed by atoms with van der Waals surface area (Å²) in [6.07, 6.45) is -0.740. The van der Waals surface area contributed by atoms with Crippen molar-refractivity contribution in [2.45, 2.75) is 40.2 Å². The quantitative estimate of drug-likeness (QED) is 0.262. The molecule has 190 valence electrons. The molecule has 37 heavy (non-hydrogen) atoms. The van der Waals surface area contributed by atoms with Crippen LogP contribution >= 0.6 is 0 Å². The Hall–Kier alpha value is -4.39. The van der Waals surface area contributed by atoms with Crippen LogP contribution in [0.3, 0.4) is 0 Å². The molecular formula is C30H30N2O5. The molecule has 1 amide bonds. The molecule has 0 radical (unpaired) electrons. The maximum Gasteiger partial charge on any atom is 0.412 e. The average molecular weight is 499 g/mol. The number of hydrogen-bond acceptors (Lipinski definition) is 6. The number of ether oxygens (including phenoxy) is 2. The monoisotopic (exact) mass is 498 g/mol. The number of anilines is 1. The zero-order valence-electron chi connectivity index (χ0n) is 21.4. The summed E-state index contributed by atoms with van der Waals surface area (Å²) in [5.41, 5.74) is 6.71. The van der Waals surface area contributed by atoms with Crippen molar-refractivity contribution in [3.8, 4) is 22.5 Å². The molecule has 1 atom stereocenters. The number of aromatic nitrogens is 1. The van der Waals surface area contributed by atoms with E-state index in [1.54, 1.807) is 13.8 Å². The van der Waals surface area contributed by atoms with Crippen LogP contribution in [0.2, 0.25) is 0 Å². The zero-order valence-corrected chi connectivity index (χ0v) is 21.4. The molecule has 7 heteroatoms. The maximum absolute atomic E-state index is 12.7. The van der Waals surface area contributed by atoms with E-state index in [1.807, 2.05) is 86.6 Å². The normalized spacial score (nSPS) is 11.6. The number of aryl methyl sites for hydroxylation is 2. The van der Waals surface area contributed by atoms with Gasteiger partial charge in [0.1, 0.15) is 17.5 Å². The van der Waals surface area contributed by atoms with Crippen LogP contribution in [0.25, 0.3) is 22.5 Å². The topological polar surface area (TPSA) is 90.7 Å². The summed E-state index contributed by atoms with van der Waals surface area (Å²) >= 11 is 0. The fourth-order valence-electron chi connectivity index (χ4n) is 4.12. The molecule has 1 aromatic heterocycles. The molecule has 0 saturated carbocycles. The molecule has 0 aliphatic carbocycles. The summed E-state index contributed by atoms with van der Waals surface area (Å²) < 4.78 is 16.2. The number of benzene rings is 3. The summed E-state index contributed by atoms with van der Waals surface area (Å²) in [6.45, 7) is 7.75. The number of rotatable bonds is 8. The lowest BCUT2D eigenvalue weighted by molar-refractivity contribution is -0.142. The van der Waals surface area contributed by atoms with Crippen LogP contribution in [0, 0.1) is 13.8 Å². The van der Waals surface area contributed by atoms with Crippen LogP contribution in [0.4, 0.5) is 10.5 Å². The van der Waals surface area contributed by atoms with Gasteiger partial charge < -0.3 is 14.0 Å². The second-order valence-corrected chi connectivity index (χ2v) is 8.76. The molecule has 1 N–H and O–H groups in total. The SMILES string of the molecule is CCOC(=O)Cc1ccc(-c2ccc(-c3onc(C)c3NC(=O)O[C@H](C)c3ccccc3C)cc2)cc1. The molecule has 0 fully saturated rings. The average Bonchev–Trinajstić information content (AvgIpc) is 3.24. The molecule has 4 rings (SSSR count). The van der Waals surface area contributed by atoms with Gasteiger partial charge in [-0.1, -0.05) is 78.0 Å². The third-order valence-electron chi connectivity index (χ3n) is 6.09. The van der Waals surface area contributed by atoms with E-state index >= 15 is 0 Å². The Kier molecular flexibility index (Phi) is 8.03. The highest BCUT2D eigenvalue weighted by atomic mass is 16.6. The molecule has 0 saturated heterocycles. The number of carbonyl (C=O) groups is 2. The molecule has 1 heterocycles. The minimum Gasteiger partial charge on any atom is -0.466 e. The molecule has 7 nitrogen and oxygen atoms in total. The van der Waals surface area contributed by atoms with Gasteiger partial charge in [-0.15, -0.1) is 0 Å². The van der Waals surface area contributed by atoms with Gasteiger partial charge in [-0.3, -0.25) is 10.1 Å². The van der Waals surface area contributed by atoms with Crippen LogP contribution in [0.5, 0.6) is 0 Å². The summed E-state index contributed by atoms with van der Waals surface area (Å²) in [5.74, 6) is 0.217. The van der Waals surface area contributed by atoms with E-state index in [9.17, 15) is 9.59 Å². The molecular weight excluding hydrogens is 468 g/mol.